The number of hydrogen-bond acceptors (Lipinski definition) is 3. The van der Waals surface area contributed by atoms with Gasteiger partial charge >= 0.3 is 0 Å². The van der Waals surface area contributed by atoms with Crippen LogP contribution in [0.3, 0.4) is 0 Å². The van der Waals surface area contributed by atoms with Crippen molar-refractivity contribution < 1.29 is 9.21 Å². The Morgan fingerprint density at radius 1 is 1.23 bits per heavy atom. The molecule has 1 aromatic carbocycles. The lowest BCUT2D eigenvalue weighted by Gasteiger charge is -2.07. The molecule has 0 saturated heterocycles. The summed E-state index contributed by atoms with van der Waals surface area (Å²) in [7, 11) is 0. The number of nitrogens with zero attached hydrogens (tertiary/aromatic N) is 1. The maximum absolute atomic E-state index is 12.4. The highest BCUT2D eigenvalue weighted by molar-refractivity contribution is 6.34. The summed E-state index contributed by atoms with van der Waals surface area (Å²) in [4.78, 5) is 12.4. The van der Waals surface area contributed by atoms with Gasteiger partial charge in [-0.05, 0) is 38.1 Å². The first-order valence-corrected chi connectivity index (χ1v) is 7.11. The molecule has 3 rings (SSSR count). The number of rotatable bonds is 3. The molecule has 0 aliphatic rings. The molecule has 0 bridgehead atoms. The lowest BCUT2D eigenvalue weighted by molar-refractivity contribution is 0.102. The highest BCUT2D eigenvalue weighted by atomic mass is 35.5. The molecule has 0 unspecified atom stereocenters. The lowest BCUT2D eigenvalue weighted by Crippen LogP contribution is -2.13. The number of benzene rings is 1. The van der Waals surface area contributed by atoms with Crippen LogP contribution in [0, 0.1) is 13.8 Å². The summed E-state index contributed by atoms with van der Waals surface area (Å²) in [6.07, 6.45) is 0. The number of aromatic nitrogens is 2. The normalized spacial score (nSPS) is 10.7. The predicted molar refractivity (Wildman–Crippen MR) is 85.2 cm³/mol. The van der Waals surface area contributed by atoms with Crippen molar-refractivity contribution in [2.24, 2.45) is 0 Å². The van der Waals surface area contributed by atoms with E-state index in [1.54, 1.807) is 24.3 Å². The minimum Gasteiger partial charge on any atom is -0.460 e. The standard InChI is InChI=1S/C16H14ClN3O2/c1-9-7-8-13(22-9)15-14(10(2)19-20-15)18-16(21)11-5-3-4-6-12(11)17/h3-8H,1-2H3,(H,18,21)(H,19,20). The number of anilines is 1. The molecular formula is C16H14ClN3O2. The van der Waals surface area contributed by atoms with E-state index < -0.39 is 0 Å². The Morgan fingerprint density at radius 3 is 2.68 bits per heavy atom. The third-order valence-corrected chi connectivity index (χ3v) is 3.61. The van der Waals surface area contributed by atoms with Crippen molar-refractivity contribution in [3.05, 3.63) is 58.4 Å². The quantitative estimate of drug-likeness (QED) is 0.761. The Hall–Kier alpha value is -2.53. The summed E-state index contributed by atoms with van der Waals surface area (Å²) in [5.74, 6) is 1.08. The van der Waals surface area contributed by atoms with Crippen molar-refractivity contribution in [3.8, 4) is 11.5 Å². The van der Waals surface area contributed by atoms with Crippen molar-refractivity contribution in [2.75, 3.05) is 5.32 Å². The Labute approximate surface area is 132 Å². The summed E-state index contributed by atoms with van der Waals surface area (Å²) in [6, 6.07) is 10.5. The zero-order chi connectivity index (χ0) is 15.7. The highest BCUT2D eigenvalue weighted by Gasteiger charge is 2.19. The third-order valence-electron chi connectivity index (χ3n) is 3.28. The largest absolute Gasteiger partial charge is 0.460 e. The van der Waals surface area contributed by atoms with Crippen molar-refractivity contribution in [3.63, 3.8) is 0 Å². The molecule has 2 aromatic heterocycles. The molecule has 0 radical (unpaired) electrons. The number of carbonyl (C=O) groups is 1. The van der Waals surface area contributed by atoms with Crippen molar-refractivity contribution in [1.82, 2.24) is 10.2 Å². The van der Waals surface area contributed by atoms with Gasteiger partial charge in [0.1, 0.15) is 5.76 Å². The topological polar surface area (TPSA) is 70.9 Å². The van der Waals surface area contributed by atoms with Gasteiger partial charge < -0.3 is 9.73 Å². The first-order valence-electron chi connectivity index (χ1n) is 6.74. The second-order valence-electron chi connectivity index (χ2n) is 4.92. The van der Waals surface area contributed by atoms with Gasteiger partial charge in [-0.15, -0.1) is 0 Å². The van der Waals surface area contributed by atoms with Gasteiger partial charge in [0.15, 0.2) is 11.5 Å². The van der Waals surface area contributed by atoms with Gasteiger partial charge in [-0.3, -0.25) is 9.89 Å². The van der Waals surface area contributed by atoms with Crippen LogP contribution in [-0.4, -0.2) is 16.1 Å². The van der Waals surface area contributed by atoms with Crippen molar-refractivity contribution in [2.45, 2.75) is 13.8 Å². The van der Waals surface area contributed by atoms with Gasteiger partial charge in [0, 0.05) is 0 Å². The van der Waals surface area contributed by atoms with E-state index in [1.807, 2.05) is 26.0 Å². The minimum atomic E-state index is -0.292. The average Bonchev–Trinajstić information content (AvgIpc) is 3.06. The van der Waals surface area contributed by atoms with Crippen LogP contribution in [0.4, 0.5) is 5.69 Å². The molecule has 112 valence electrons. The summed E-state index contributed by atoms with van der Waals surface area (Å²) in [6.45, 7) is 3.68. The third kappa shape index (κ3) is 2.63. The van der Waals surface area contributed by atoms with E-state index in [-0.39, 0.29) is 5.91 Å². The number of H-pyrrole nitrogens is 1. The van der Waals surface area contributed by atoms with Crippen LogP contribution >= 0.6 is 11.6 Å². The van der Waals surface area contributed by atoms with Crippen LogP contribution in [0.25, 0.3) is 11.5 Å². The van der Waals surface area contributed by atoms with Crippen molar-refractivity contribution in [1.29, 1.82) is 0 Å². The number of hydrogen-bond donors (Lipinski definition) is 2. The molecule has 0 fully saturated rings. The van der Waals surface area contributed by atoms with Gasteiger partial charge in [0.05, 0.1) is 22.0 Å². The van der Waals surface area contributed by atoms with Crippen LogP contribution < -0.4 is 5.32 Å². The van der Waals surface area contributed by atoms with E-state index in [0.717, 1.165) is 11.5 Å². The fourth-order valence-electron chi connectivity index (χ4n) is 2.15. The number of aromatic amines is 1. The molecule has 0 aliphatic carbocycles. The Kier molecular flexibility index (Phi) is 3.73. The highest BCUT2D eigenvalue weighted by Crippen LogP contribution is 2.30. The molecule has 22 heavy (non-hydrogen) atoms. The van der Waals surface area contributed by atoms with Gasteiger partial charge in [-0.2, -0.15) is 5.10 Å². The molecule has 0 atom stereocenters. The maximum Gasteiger partial charge on any atom is 0.257 e. The Bertz CT molecular complexity index is 836. The van der Waals surface area contributed by atoms with E-state index in [1.165, 1.54) is 0 Å². The zero-order valence-corrected chi connectivity index (χ0v) is 12.9. The summed E-state index contributed by atoms with van der Waals surface area (Å²) < 4.78 is 5.57. The zero-order valence-electron chi connectivity index (χ0n) is 12.1. The molecule has 3 aromatic rings. The number of halogens is 1. The lowest BCUT2D eigenvalue weighted by atomic mass is 10.2. The number of aryl methyl sites for hydroxylation is 2. The number of carbonyl (C=O) groups excluding carboxylic acids is 1. The van der Waals surface area contributed by atoms with Gasteiger partial charge in [-0.1, -0.05) is 23.7 Å². The monoisotopic (exact) mass is 315 g/mol. The molecule has 5 nitrogen and oxygen atoms in total. The van der Waals surface area contributed by atoms with Gasteiger partial charge in [-0.25, -0.2) is 0 Å². The SMILES string of the molecule is Cc1ccc(-c2n[nH]c(C)c2NC(=O)c2ccccc2Cl)o1. The van der Waals surface area contributed by atoms with Gasteiger partial charge in [0.2, 0.25) is 0 Å². The number of amides is 1. The van der Waals surface area contributed by atoms with E-state index in [2.05, 4.69) is 15.5 Å². The smallest absolute Gasteiger partial charge is 0.257 e. The maximum atomic E-state index is 12.4. The fourth-order valence-corrected chi connectivity index (χ4v) is 2.37. The Balaban J connectivity index is 1.95. The second-order valence-corrected chi connectivity index (χ2v) is 5.32. The molecule has 0 aliphatic heterocycles. The molecule has 1 amide bonds. The van der Waals surface area contributed by atoms with E-state index in [9.17, 15) is 4.79 Å². The molecule has 2 heterocycles. The predicted octanol–water partition coefficient (Wildman–Crippen LogP) is 4.19. The van der Waals surface area contributed by atoms with Crippen LogP contribution in [-0.2, 0) is 0 Å². The summed E-state index contributed by atoms with van der Waals surface area (Å²) in [5, 5.41) is 10.3. The fraction of sp³-hybridized carbons (Fsp3) is 0.125. The number of furan rings is 1. The van der Waals surface area contributed by atoms with Crippen LogP contribution in [0.15, 0.2) is 40.8 Å². The Morgan fingerprint density at radius 2 is 2.00 bits per heavy atom. The first-order chi connectivity index (χ1) is 10.6. The summed E-state index contributed by atoms with van der Waals surface area (Å²) >= 11 is 6.06. The first kappa shape index (κ1) is 14.4. The minimum absolute atomic E-state index is 0.292. The van der Waals surface area contributed by atoms with E-state index in [4.69, 9.17) is 16.0 Å². The van der Waals surface area contributed by atoms with Crippen LogP contribution in [0.5, 0.6) is 0 Å². The summed E-state index contributed by atoms with van der Waals surface area (Å²) in [5.41, 5.74) is 2.29. The molecule has 0 saturated carbocycles. The van der Waals surface area contributed by atoms with Gasteiger partial charge in [0.25, 0.3) is 5.91 Å². The molecule has 2 N–H and O–H groups in total. The van der Waals surface area contributed by atoms with E-state index in [0.29, 0.717) is 27.7 Å². The van der Waals surface area contributed by atoms with E-state index >= 15 is 0 Å². The second kappa shape index (κ2) is 5.69. The number of nitrogens with one attached hydrogen (secondary N) is 2. The molecule has 6 heteroatoms. The molecule has 0 spiro atoms. The average molecular weight is 316 g/mol. The van der Waals surface area contributed by atoms with Crippen LogP contribution in [0.2, 0.25) is 5.02 Å². The van der Waals surface area contributed by atoms with Crippen molar-refractivity contribution >= 4 is 23.2 Å². The van der Waals surface area contributed by atoms with Crippen LogP contribution in [0.1, 0.15) is 21.8 Å². The molecular weight excluding hydrogens is 302 g/mol.